The molecule has 10 nitrogen and oxygen atoms in total. The lowest BCUT2D eigenvalue weighted by atomic mass is 9.98. The molecule has 2 atom stereocenters. The smallest absolute Gasteiger partial charge is 0.407 e. The largest absolute Gasteiger partial charge is 0.490 e. The SMILES string of the molecule is CC(C)(C)OC(=O)NCCNC1=NCC(c2ccc(OC[C@@H](O[Si](C)(C)C(C)(C)C)C(=O)O)cc2)CN1. The fraction of sp³-hybridized carbons (Fsp3) is 0.654. The number of aliphatic carboxylic acids is 1. The number of carboxylic acid groups (broad SMARTS) is 1. The maximum Gasteiger partial charge on any atom is 0.407 e. The van der Waals surface area contributed by atoms with Crippen molar-refractivity contribution < 1.29 is 28.6 Å². The zero-order valence-corrected chi connectivity index (χ0v) is 24.4. The number of ether oxygens (including phenoxy) is 2. The van der Waals surface area contributed by atoms with Crippen LogP contribution in [0, 0.1) is 0 Å². The number of hydrogen-bond donors (Lipinski definition) is 4. The molecule has 208 valence electrons. The number of hydrogen-bond acceptors (Lipinski definition) is 8. The van der Waals surface area contributed by atoms with E-state index < -0.39 is 32.1 Å². The average Bonchev–Trinajstić information content (AvgIpc) is 2.78. The van der Waals surface area contributed by atoms with E-state index in [2.05, 4.69) is 41.7 Å². The van der Waals surface area contributed by atoms with E-state index in [0.717, 1.165) is 5.56 Å². The van der Waals surface area contributed by atoms with Crippen LogP contribution in [-0.4, -0.2) is 75.9 Å². The summed E-state index contributed by atoms with van der Waals surface area (Å²) in [6, 6.07) is 7.65. The summed E-state index contributed by atoms with van der Waals surface area (Å²) >= 11 is 0. The first-order valence-corrected chi connectivity index (χ1v) is 15.6. The summed E-state index contributed by atoms with van der Waals surface area (Å²) in [4.78, 5) is 28.0. The molecule has 0 aromatic heterocycles. The van der Waals surface area contributed by atoms with Gasteiger partial charge in [-0.15, -0.1) is 0 Å². The minimum atomic E-state index is -2.24. The first-order chi connectivity index (χ1) is 17.1. The Morgan fingerprint density at radius 2 is 1.78 bits per heavy atom. The number of alkyl carbamates (subject to hydrolysis) is 1. The van der Waals surface area contributed by atoms with Crippen LogP contribution in [0.15, 0.2) is 29.3 Å². The van der Waals surface area contributed by atoms with Gasteiger partial charge in [0.2, 0.25) is 0 Å². The Hall–Kier alpha value is -2.79. The van der Waals surface area contributed by atoms with Crippen molar-refractivity contribution in [3.63, 3.8) is 0 Å². The van der Waals surface area contributed by atoms with Crippen LogP contribution in [0.3, 0.4) is 0 Å². The van der Waals surface area contributed by atoms with E-state index in [9.17, 15) is 14.7 Å². The highest BCUT2D eigenvalue weighted by atomic mass is 28.4. The van der Waals surface area contributed by atoms with Gasteiger partial charge in [-0.05, 0) is 56.6 Å². The normalized spacial score (nSPS) is 17.2. The van der Waals surface area contributed by atoms with Crippen molar-refractivity contribution in [1.29, 1.82) is 0 Å². The summed E-state index contributed by atoms with van der Waals surface area (Å²) in [5, 5.41) is 18.7. The fourth-order valence-electron chi connectivity index (χ4n) is 3.24. The van der Waals surface area contributed by atoms with Gasteiger partial charge in [-0.2, -0.15) is 0 Å². The molecule has 0 bridgehead atoms. The number of nitrogens with one attached hydrogen (secondary N) is 3. The molecule has 0 saturated heterocycles. The molecule has 1 aromatic rings. The Morgan fingerprint density at radius 1 is 1.14 bits per heavy atom. The molecule has 11 heteroatoms. The Kier molecular flexibility index (Phi) is 10.4. The second kappa shape index (κ2) is 12.6. The van der Waals surface area contributed by atoms with E-state index in [0.29, 0.717) is 37.9 Å². The van der Waals surface area contributed by atoms with Gasteiger partial charge in [0, 0.05) is 25.6 Å². The van der Waals surface area contributed by atoms with Gasteiger partial charge in [-0.25, -0.2) is 9.59 Å². The van der Waals surface area contributed by atoms with Gasteiger partial charge in [-0.1, -0.05) is 32.9 Å². The third kappa shape index (κ3) is 10.2. The predicted molar refractivity (Wildman–Crippen MR) is 147 cm³/mol. The lowest BCUT2D eigenvalue weighted by Crippen LogP contribution is -2.47. The maximum atomic E-state index is 11.7. The van der Waals surface area contributed by atoms with Crippen molar-refractivity contribution in [3.05, 3.63) is 29.8 Å². The number of guanidine groups is 1. The van der Waals surface area contributed by atoms with Crippen molar-refractivity contribution in [2.75, 3.05) is 32.8 Å². The van der Waals surface area contributed by atoms with Crippen molar-refractivity contribution in [1.82, 2.24) is 16.0 Å². The Labute approximate surface area is 221 Å². The highest BCUT2D eigenvalue weighted by Gasteiger charge is 2.41. The van der Waals surface area contributed by atoms with Crippen molar-refractivity contribution >= 4 is 26.3 Å². The summed E-state index contributed by atoms with van der Waals surface area (Å²) in [5.74, 6) is 0.482. The molecule has 0 fully saturated rings. The van der Waals surface area contributed by atoms with E-state index in [1.165, 1.54) is 0 Å². The first-order valence-electron chi connectivity index (χ1n) is 12.7. The molecule has 1 amide bonds. The minimum absolute atomic E-state index is 0.0473. The number of carbonyl (C=O) groups is 2. The number of benzene rings is 1. The van der Waals surface area contributed by atoms with Crippen LogP contribution in [0.4, 0.5) is 4.79 Å². The van der Waals surface area contributed by atoms with Gasteiger partial charge in [0.25, 0.3) is 0 Å². The number of amides is 1. The fourth-order valence-corrected chi connectivity index (χ4v) is 4.47. The molecule has 1 aliphatic rings. The van der Waals surface area contributed by atoms with Gasteiger partial charge in [0.15, 0.2) is 20.4 Å². The third-order valence-electron chi connectivity index (χ3n) is 6.34. The number of carboxylic acids is 1. The molecule has 0 spiro atoms. The van der Waals surface area contributed by atoms with Crippen LogP contribution in [-0.2, 0) is 14.0 Å². The van der Waals surface area contributed by atoms with E-state index in [4.69, 9.17) is 13.9 Å². The van der Waals surface area contributed by atoms with Crippen LogP contribution in [0.1, 0.15) is 53.0 Å². The lowest BCUT2D eigenvalue weighted by Gasteiger charge is -2.38. The molecule has 2 rings (SSSR count). The van der Waals surface area contributed by atoms with Crippen LogP contribution in [0.25, 0.3) is 0 Å². The molecule has 1 heterocycles. The van der Waals surface area contributed by atoms with E-state index in [-0.39, 0.29) is 17.6 Å². The van der Waals surface area contributed by atoms with E-state index >= 15 is 0 Å². The van der Waals surface area contributed by atoms with Crippen molar-refractivity contribution in [3.8, 4) is 5.75 Å². The van der Waals surface area contributed by atoms with E-state index in [1.807, 2.05) is 58.1 Å². The summed E-state index contributed by atoms with van der Waals surface area (Å²) in [5.41, 5.74) is 0.591. The minimum Gasteiger partial charge on any atom is -0.490 e. The van der Waals surface area contributed by atoms with Gasteiger partial charge >= 0.3 is 12.1 Å². The predicted octanol–water partition coefficient (Wildman–Crippen LogP) is 3.70. The van der Waals surface area contributed by atoms with Gasteiger partial charge in [-0.3, -0.25) is 4.99 Å². The molecule has 4 N–H and O–H groups in total. The lowest BCUT2D eigenvalue weighted by molar-refractivity contribution is -0.147. The number of aliphatic imine (C=N–C) groups is 1. The molecule has 0 saturated carbocycles. The molecule has 1 aliphatic heterocycles. The van der Waals surface area contributed by atoms with Crippen LogP contribution in [0.5, 0.6) is 5.75 Å². The Morgan fingerprint density at radius 3 is 2.30 bits per heavy atom. The molecule has 0 radical (unpaired) electrons. The molecular formula is C26H44N4O6Si. The van der Waals surface area contributed by atoms with Crippen molar-refractivity contribution in [2.24, 2.45) is 4.99 Å². The highest BCUT2D eigenvalue weighted by molar-refractivity contribution is 6.74. The molecule has 1 aromatic carbocycles. The second-order valence-electron chi connectivity index (χ2n) is 11.7. The Bertz CT molecular complexity index is 938. The topological polar surface area (TPSA) is 131 Å². The van der Waals surface area contributed by atoms with Crippen LogP contribution in [0.2, 0.25) is 18.1 Å². The van der Waals surface area contributed by atoms with Crippen molar-refractivity contribution in [2.45, 2.75) is 77.3 Å². The second-order valence-corrected chi connectivity index (χ2v) is 16.5. The molecule has 0 aliphatic carbocycles. The van der Waals surface area contributed by atoms with Gasteiger partial charge in [0.05, 0.1) is 6.54 Å². The van der Waals surface area contributed by atoms with Gasteiger partial charge in [0.1, 0.15) is 18.0 Å². The number of rotatable bonds is 10. The summed E-state index contributed by atoms with van der Waals surface area (Å²) < 4.78 is 17.0. The van der Waals surface area contributed by atoms with E-state index in [1.54, 1.807) is 0 Å². The van der Waals surface area contributed by atoms with Crippen LogP contribution < -0.4 is 20.7 Å². The summed E-state index contributed by atoms with van der Waals surface area (Å²) in [6.45, 7) is 18.0. The number of nitrogens with zero attached hydrogens (tertiary/aromatic N) is 1. The van der Waals surface area contributed by atoms with Crippen LogP contribution >= 0.6 is 0 Å². The zero-order chi connectivity index (χ0) is 27.9. The third-order valence-corrected chi connectivity index (χ3v) is 10.8. The average molecular weight is 537 g/mol. The first kappa shape index (κ1) is 30.4. The summed E-state index contributed by atoms with van der Waals surface area (Å²) in [6.07, 6.45) is -1.45. The monoisotopic (exact) mass is 536 g/mol. The molecule has 1 unspecified atom stereocenters. The van der Waals surface area contributed by atoms with Gasteiger partial charge < -0.3 is 35.0 Å². The standard InChI is InChI=1S/C26H44N4O6Si/c1-25(2,3)35-24(33)28-14-13-27-23-29-15-19(16-30-23)18-9-11-20(12-10-18)34-17-21(22(31)32)36-37(7,8)26(4,5)6/h9-12,19,21H,13-17H2,1-8H3,(H,28,33)(H,31,32)(H2,27,29,30)/t21-/m1/s1. The number of carbonyl (C=O) groups excluding carboxylic acids is 1. The molecular weight excluding hydrogens is 492 g/mol. The summed E-state index contributed by atoms with van der Waals surface area (Å²) in [7, 11) is -2.24. The molecule has 37 heavy (non-hydrogen) atoms. The zero-order valence-electron chi connectivity index (χ0n) is 23.4. The highest BCUT2D eigenvalue weighted by Crippen LogP contribution is 2.37. The quantitative estimate of drug-likeness (QED) is 0.263. The maximum absolute atomic E-state index is 11.7. The Balaban J connectivity index is 1.80.